The zero-order valence-electron chi connectivity index (χ0n) is 21.2. The number of hydrogen-bond acceptors (Lipinski definition) is 5. The molecule has 2 aromatic carbocycles. The Balaban J connectivity index is 1.32. The lowest BCUT2D eigenvalue weighted by atomic mass is 10.1. The van der Waals surface area contributed by atoms with Crippen molar-refractivity contribution in [3.8, 4) is 11.3 Å². The topological polar surface area (TPSA) is 91.6 Å². The number of nitrogens with one attached hydrogen (secondary N) is 2. The molecule has 0 aliphatic carbocycles. The zero-order chi connectivity index (χ0) is 27.6. The van der Waals surface area contributed by atoms with Crippen LogP contribution in [0.4, 0.5) is 18.9 Å². The lowest BCUT2D eigenvalue weighted by Crippen LogP contribution is -2.31. The number of carbonyl (C=O) groups excluding carboxylic acids is 2. The van der Waals surface area contributed by atoms with Crippen LogP contribution in [0.2, 0.25) is 0 Å². The lowest BCUT2D eigenvalue weighted by Gasteiger charge is -2.19. The molecule has 202 valence electrons. The van der Waals surface area contributed by atoms with E-state index in [0.717, 1.165) is 31.5 Å². The van der Waals surface area contributed by atoms with E-state index < -0.39 is 17.6 Å². The minimum Gasteiger partial charge on any atom is -0.352 e. The summed E-state index contributed by atoms with van der Waals surface area (Å²) in [7, 11) is 2.10. The molecule has 1 atom stereocenters. The molecule has 1 aliphatic rings. The van der Waals surface area contributed by atoms with Crippen molar-refractivity contribution in [2.24, 2.45) is 0 Å². The van der Waals surface area contributed by atoms with E-state index in [1.807, 2.05) is 0 Å². The molecule has 1 aliphatic heterocycles. The second kappa shape index (κ2) is 10.9. The van der Waals surface area contributed by atoms with E-state index in [9.17, 15) is 22.8 Å². The van der Waals surface area contributed by atoms with Gasteiger partial charge in [0, 0.05) is 35.6 Å². The van der Waals surface area contributed by atoms with Crippen molar-refractivity contribution in [2.45, 2.75) is 31.5 Å². The highest BCUT2D eigenvalue weighted by Gasteiger charge is 2.31. The fraction of sp³-hybridized carbons (Fsp3) is 0.286. The molecule has 1 fully saturated rings. The minimum absolute atomic E-state index is 0.108. The molecule has 3 heterocycles. The number of hydrogen-bond donors (Lipinski definition) is 2. The molecule has 39 heavy (non-hydrogen) atoms. The molecule has 1 unspecified atom stereocenters. The Morgan fingerprint density at radius 3 is 2.67 bits per heavy atom. The van der Waals surface area contributed by atoms with Crippen molar-refractivity contribution in [1.82, 2.24) is 24.8 Å². The molecule has 1 saturated heterocycles. The van der Waals surface area contributed by atoms with Crippen LogP contribution >= 0.6 is 0 Å². The Labute approximate surface area is 222 Å². The first-order valence-electron chi connectivity index (χ1n) is 12.6. The lowest BCUT2D eigenvalue weighted by molar-refractivity contribution is -0.137. The zero-order valence-corrected chi connectivity index (χ0v) is 21.2. The standard InChI is InChI=1S/C28H27F3N6O2/c1-36-14-4-9-22(36)10-12-33-27(39)23-17-34-37-24(11-13-32-25(23)37)18-5-3-8-21(16-18)35-26(38)19-6-2-7-20(15-19)28(29,30)31/h2-3,5-8,11,13,15-17,22H,4,9-10,12,14H2,1H3,(H,33,39)(H,35,38). The molecule has 8 nitrogen and oxygen atoms in total. The summed E-state index contributed by atoms with van der Waals surface area (Å²) in [6.45, 7) is 1.63. The molecule has 4 aromatic rings. The van der Waals surface area contributed by atoms with Crippen molar-refractivity contribution in [3.63, 3.8) is 0 Å². The fourth-order valence-electron chi connectivity index (χ4n) is 4.86. The summed E-state index contributed by atoms with van der Waals surface area (Å²) < 4.78 is 40.7. The van der Waals surface area contributed by atoms with E-state index in [0.29, 0.717) is 40.7 Å². The van der Waals surface area contributed by atoms with Gasteiger partial charge in [-0.05, 0) is 69.3 Å². The summed E-state index contributed by atoms with van der Waals surface area (Å²) in [6, 6.07) is 13.3. The van der Waals surface area contributed by atoms with Crippen LogP contribution in [-0.2, 0) is 6.18 Å². The normalized spacial score (nSPS) is 15.9. The smallest absolute Gasteiger partial charge is 0.352 e. The number of rotatable bonds is 7. The molecule has 11 heteroatoms. The van der Waals surface area contributed by atoms with E-state index in [2.05, 4.69) is 32.7 Å². The van der Waals surface area contributed by atoms with Crippen molar-refractivity contribution in [2.75, 3.05) is 25.5 Å². The van der Waals surface area contributed by atoms with Gasteiger partial charge in [0.05, 0.1) is 17.5 Å². The van der Waals surface area contributed by atoms with Gasteiger partial charge in [-0.3, -0.25) is 9.59 Å². The van der Waals surface area contributed by atoms with Gasteiger partial charge < -0.3 is 15.5 Å². The molecular formula is C28H27F3N6O2. The summed E-state index contributed by atoms with van der Waals surface area (Å²) >= 11 is 0. The maximum atomic E-state index is 13.0. The van der Waals surface area contributed by atoms with Crippen molar-refractivity contribution < 1.29 is 22.8 Å². The first-order chi connectivity index (χ1) is 18.7. The van der Waals surface area contributed by atoms with Gasteiger partial charge in [-0.25, -0.2) is 9.50 Å². The highest BCUT2D eigenvalue weighted by atomic mass is 19.4. The van der Waals surface area contributed by atoms with Crippen LogP contribution in [0.15, 0.2) is 67.0 Å². The SMILES string of the molecule is CN1CCCC1CCNC(=O)c1cnn2c(-c3cccc(NC(=O)c4cccc(C(F)(F)F)c4)c3)ccnc12. The van der Waals surface area contributed by atoms with Crippen LogP contribution in [0.1, 0.15) is 45.5 Å². The number of alkyl halides is 3. The van der Waals surface area contributed by atoms with Gasteiger partial charge >= 0.3 is 6.18 Å². The van der Waals surface area contributed by atoms with Crippen LogP contribution in [-0.4, -0.2) is 57.5 Å². The third-order valence-electron chi connectivity index (χ3n) is 6.95. The van der Waals surface area contributed by atoms with Crippen molar-refractivity contribution in [1.29, 1.82) is 0 Å². The number of anilines is 1. The molecule has 2 aromatic heterocycles. The number of benzene rings is 2. The van der Waals surface area contributed by atoms with Crippen molar-refractivity contribution >= 4 is 23.1 Å². The fourth-order valence-corrected chi connectivity index (χ4v) is 4.86. The number of fused-ring (bicyclic) bond motifs is 1. The molecular weight excluding hydrogens is 509 g/mol. The van der Waals surface area contributed by atoms with Crippen LogP contribution < -0.4 is 10.6 Å². The van der Waals surface area contributed by atoms with Gasteiger partial charge in [-0.15, -0.1) is 0 Å². The number of aromatic nitrogens is 3. The number of carbonyl (C=O) groups is 2. The van der Waals surface area contributed by atoms with Gasteiger partial charge in [-0.1, -0.05) is 18.2 Å². The number of nitrogens with zero attached hydrogens (tertiary/aromatic N) is 4. The summed E-state index contributed by atoms with van der Waals surface area (Å²) in [5.74, 6) is -0.919. The van der Waals surface area contributed by atoms with Crippen molar-refractivity contribution in [3.05, 3.63) is 83.7 Å². The minimum atomic E-state index is -4.55. The predicted molar refractivity (Wildman–Crippen MR) is 140 cm³/mol. The van der Waals surface area contributed by atoms with Gasteiger partial charge in [-0.2, -0.15) is 18.3 Å². The first kappa shape index (κ1) is 26.4. The van der Waals surface area contributed by atoms with Gasteiger partial charge in [0.15, 0.2) is 5.65 Å². The number of amides is 2. The average molecular weight is 537 g/mol. The Hall–Kier alpha value is -4.25. The molecule has 0 radical (unpaired) electrons. The highest BCUT2D eigenvalue weighted by molar-refractivity contribution is 6.04. The van der Waals surface area contributed by atoms with E-state index in [1.54, 1.807) is 41.0 Å². The molecule has 2 amide bonds. The maximum absolute atomic E-state index is 13.0. The second-order valence-electron chi connectivity index (χ2n) is 9.56. The van der Waals surface area contributed by atoms with E-state index in [4.69, 9.17) is 0 Å². The van der Waals surface area contributed by atoms with Crippen LogP contribution in [0.3, 0.4) is 0 Å². The Morgan fingerprint density at radius 2 is 1.90 bits per heavy atom. The second-order valence-corrected chi connectivity index (χ2v) is 9.56. The summed E-state index contributed by atoms with van der Waals surface area (Å²) in [5, 5.41) is 9.99. The van der Waals surface area contributed by atoms with Gasteiger partial charge in [0.1, 0.15) is 5.56 Å². The monoisotopic (exact) mass is 536 g/mol. The largest absolute Gasteiger partial charge is 0.416 e. The van der Waals surface area contributed by atoms with E-state index in [1.165, 1.54) is 24.8 Å². The highest BCUT2D eigenvalue weighted by Crippen LogP contribution is 2.30. The van der Waals surface area contributed by atoms with E-state index in [-0.39, 0.29) is 11.5 Å². The third kappa shape index (κ3) is 5.78. The summed E-state index contributed by atoms with van der Waals surface area (Å²) in [4.78, 5) is 32.2. The van der Waals surface area contributed by atoms with E-state index >= 15 is 0 Å². The first-order valence-corrected chi connectivity index (χ1v) is 12.6. The summed E-state index contributed by atoms with van der Waals surface area (Å²) in [5.41, 5.74) is 1.43. The molecule has 0 bridgehead atoms. The predicted octanol–water partition coefficient (Wildman–Crippen LogP) is 4.88. The molecule has 0 saturated carbocycles. The Kier molecular flexibility index (Phi) is 7.34. The summed E-state index contributed by atoms with van der Waals surface area (Å²) in [6.07, 6.45) is 1.68. The number of halogens is 3. The van der Waals surface area contributed by atoms with Gasteiger partial charge in [0.25, 0.3) is 11.8 Å². The number of likely N-dealkylation sites (tertiary alicyclic amines) is 1. The third-order valence-corrected chi connectivity index (χ3v) is 6.95. The Morgan fingerprint density at radius 1 is 1.08 bits per heavy atom. The maximum Gasteiger partial charge on any atom is 0.416 e. The molecule has 0 spiro atoms. The molecule has 5 rings (SSSR count). The Bertz CT molecular complexity index is 1520. The van der Waals surface area contributed by atoms with Crippen LogP contribution in [0.5, 0.6) is 0 Å². The van der Waals surface area contributed by atoms with Gasteiger partial charge in [0.2, 0.25) is 0 Å². The molecule has 2 N–H and O–H groups in total. The average Bonchev–Trinajstić information content (AvgIpc) is 3.54. The quantitative estimate of drug-likeness (QED) is 0.351. The van der Waals surface area contributed by atoms with Crippen LogP contribution in [0.25, 0.3) is 16.9 Å². The van der Waals surface area contributed by atoms with Crippen LogP contribution in [0, 0.1) is 0 Å².